The molecule has 0 atom stereocenters. The first-order chi connectivity index (χ1) is 11.6. The molecule has 0 fully saturated rings. The zero-order valence-corrected chi connectivity index (χ0v) is 13.9. The van der Waals surface area contributed by atoms with Crippen LogP contribution in [-0.2, 0) is 11.3 Å². The average Bonchev–Trinajstić information content (AvgIpc) is 3.06. The highest BCUT2D eigenvalue weighted by molar-refractivity contribution is 6.35. The molecule has 1 N–H and O–H groups in total. The molecule has 0 bridgehead atoms. The zero-order valence-electron chi connectivity index (χ0n) is 13.9. The number of rotatable bonds is 3. The van der Waals surface area contributed by atoms with Gasteiger partial charge in [0.1, 0.15) is 0 Å². The second-order valence-corrected chi connectivity index (χ2v) is 6.71. The van der Waals surface area contributed by atoms with Gasteiger partial charge < -0.3 is 9.88 Å². The SMILES string of the molecule is CC(C)Cn1cc(/C=C2/C(=O)Nc3ccccc32)c2ccccc21. The third kappa shape index (κ3) is 2.42. The Bertz CT molecular complexity index is 963. The lowest BCUT2D eigenvalue weighted by atomic mass is 10.0. The predicted molar refractivity (Wildman–Crippen MR) is 99.7 cm³/mol. The standard InChI is InChI=1S/C21H20N2O/c1-14(2)12-23-13-15(16-7-4-6-10-20(16)23)11-18-17-8-3-5-9-19(17)22-21(18)24/h3-11,13-14H,12H2,1-2H3,(H,22,24)/b18-11+. The van der Waals surface area contributed by atoms with Crippen LogP contribution in [0.15, 0.2) is 54.7 Å². The lowest BCUT2D eigenvalue weighted by Crippen LogP contribution is -2.03. The minimum atomic E-state index is -0.0307. The van der Waals surface area contributed by atoms with Gasteiger partial charge in [0.2, 0.25) is 0 Å². The van der Waals surface area contributed by atoms with Gasteiger partial charge >= 0.3 is 0 Å². The molecule has 0 unspecified atom stereocenters. The molecule has 24 heavy (non-hydrogen) atoms. The molecule has 0 aliphatic carbocycles. The van der Waals surface area contributed by atoms with Gasteiger partial charge in [0.25, 0.3) is 5.91 Å². The molecule has 1 aromatic heterocycles. The van der Waals surface area contributed by atoms with E-state index in [0.717, 1.165) is 28.9 Å². The van der Waals surface area contributed by atoms with Gasteiger partial charge in [0.15, 0.2) is 0 Å². The molecule has 3 nitrogen and oxygen atoms in total. The lowest BCUT2D eigenvalue weighted by molar-refractivity contribution is -0.110. The maximum Gasteiger partial charge on any atom is 0.256 e. The molecule has 3 heteroatoms. The number of hydrogen-bond donors (Lipinski definition) is 1. The van der Waals surface area contributed by atoms with Crippen LogP contribution in [0.25, 0.3) is 22.6 Å². The lowest BCUT2D eigenvalue weighted by Gasteiger charge is -2.07. The molecule has 3 aromatic rings. The van der Waals surface area contributed by atoms with Crippen LogP contribution in [0.5, 0.6) is 0 Å². The molecule has 0 radical (unpaired) electrons. The second-order valence-electron chi connectivity index (χ2n) is 6.71. The molecular formula is C21H20N2O. The first-order valence-electron chi connectivity index (χ1n) is 8.34. The van der Waals surface area contributed by atoms with Crippen molar-refractivity contribution in [2.75, 3.05) is 5.32 Å². The van der Waals surface area contributed by atoms with Crippen molar-refractivity contribution < 1.29 is 4.79 Å². The molecule has 2 aromatic carbocycles. The maximum atomic E-state index is 12.4. The Balaban J connectivity index is 1.87. The summed E-state index contributed by atoms with van der Waals surface area (Å²) in [5.41, 5.74) is 4.90. The minimum Gasteiger partial charge on any atom is -0.347 e. The van der Waals surface area contributed by atoms with E-state index in [1.807, 2.05) is 36.4 Å². The highest BCUT2D eigenvalue weighted by Gasteiger charge is 2.23. The number of carbonyl (C=O) groups excluding carboxylic acids is 1. The van der Waals surface area contributed by atoms with Gasteiger partial charge in [-0.1, -0.05) is 50.2 Å². The van der Waals surface area contributed by atoms with Crippen molar-refractivity contribution in [3.05, 3.63) is 65.9 Å². The Kier molecular flexibility index (Phi) is 3.49. The van der Waals surface area contributed by atoms with Crippen LogP contribution in [0.2, 0.25) is 0 Å². The number of carbonyl (C=O) groups is 1. The Morgan fingerprint density at radius 2 is 1.83 bits per heavy atom. The first-order valence-corrected chi connectivity index (χ1v) is 8.34. The summed E-state index contributed by atoms with van der Waals surface area (Å²) in [4.78, 5) is 12.4. The number of nitrogens with one attached hydrogen (secondary N) is 1. The van der Waals surface area contributed by atoms with Crippen LogP contribution in [0.1, 0.15) is 25.0 Å². The van der Waals surface area contributed by atoms with Crippen molar-refractivity contribution in [3.63, 3.8) is 0 Å². The summed E-state index contributed by atoms with van der Waals surface area (Å²) >= 11 is 0. The number of hydrogen-bond acceptors (Lipinski definition) is 1. The van der Waals surface area contributed by atoms with Crippen molar-refractivity contribution in [1.29, 1.82) is 0 Å². The monoisotopic (exact) mass is 316 g/mol. The van der Waals surface area contributed by atoms with E-state index in [-0.39, 0.29) is 5.91 Å². The highest BCUT2D eigenvalue weighted by Crippen LogP contribution is 2.34. The smallest absolute Gasteiger partial charge is 0.256 e. The van der Waals surface area contributed by atoms with Gasteiger partial charge in [0, 0.05) is 46.0 Å². The number of aromatic nitrogens is 1. The topological polar surface area (TPSA) is 34.0 Å². The van der Waals surface area contributed by atoms with E-state index in [9.17, 15) is 4.79 Å². The second kappa shape index (κ2) is 5.68. The summed E-state index contributed by atoms with van der Waals surface area (Å²) in [5, 5.41) is 4.12. The fourth-order valence-corrected chi connectivity index (χ4v) is 3.37. The number of para-hydroxylation sites is 2. The summed E-state index contributed by atoms with van der Waals surface area (Å²) in [6, 6.07) is 16.2. The van der Waals surface area contributed by atoms with Gasteiger partial charge in [0.05, 0.1) is 0 Å². The van der Waals surface area contributed by atoms with Gasteiger partial charge in [-0.05, 0) is 24.1 Å². The molecule has 1 aliphatic rings. The molecule has 1 aliphatic heterocycles. The fraction of sp³-hybridized carbons (Fsp3) is 0.190. The number of benzene rings is 2. The molecule has 4 rings (SSSR count). The van der Waals surface area contributed by atoms with E-state index in [1.54, 1.807) is 0 Å². The van der Waals surface area contributed by atoms with Gasteiger partial charge in [-0.2, -0.15) is 0 Å². The maximum absolute atomic E-state index is 12.4. The van der Waals surface area contributed by atoms with Gasteiger partial charge in [-0.25, -0.2) is 0 Å². The Morgan fingerprint density at radius 1 is 1.08 bits per heavy atom. The summed E-state index contributed by atoms with van der Waals surface area (Å²) in [6.45, 7) is 5.40. The van der Waals surface area contributed by atoms with Crippen LogP contribution in [0.4, 0.5) is 5.69 Å². The van der Waals surface area contributed by atoms with Gasteiger partial charge in [-0.15, -0.1) is 0 Å². The molecule has 0 spiro atoms. The van der Waals surface area contributed by atoms with Crippen molar-refractivity contribution in [2.24, 2.45) is 5.92 Å². The van der Waals surface area contributed by atoms with Crippen LogP contribution in [-0.4, -0.2) is 10.5 Å². The van der Waals surface area contributed by atoms with Crippen molar-refractivity contribution in [2.45, 2.75) is 20.4 Å². The average molecular weight is 316 g/mol. The summed E-state index contributed by atoms with van der Waals surface area (Å²) in [5.74, 6) is 0.536. The van der Waals surface area contributed by atoms with Gasteiger partial charge in [-0.3, -0.25) is 4.79 Å². The quantitative estimate of drug-likeness (QED) is 0.693. The normalized spacial score (nSPS) is 15.3. The zero-order chi connectivity index (χ0) is 16.7. The fourth-order valence-electron chi connectivity index (χ4n) is 3.37. The largest absolute Gasteiger partial charge is 0.347 e. The van der Waals surface area contributed by atoms with Crippen molar-refractivity contribution in [3.8, 4) is 0 Å². The first kappa shape index (κ1) is 14.8. The van der Waals surface area contributed by atoms with E-state index in [1.165, 1.54) is 10.9 Å². The van der Waals surface area contributed by atoms with Crippen LogP contribution < -0.4 is 5.32 Å². The van der Waals surface area contributed by atoms with Crippen LogP contribution >= 0.6 is 0 Å². The Morgan fingerprint density at radius 3 is 2.67 bits per heavy atom. The third-order valence-electron chi connectivity index (χ3n) is 4.39. The van der Waals surface area contributed by atoms with E-state index >= 15 is 0 Å². The van der Waals surface area contributed by atoms with E-state index in [4.69, 9.17) is 0 Å². The predicted octanol–water partition coefficient (Wildman–Crippen LogP) is 4.79. The highest BCUT2D eigenvalue weighted by atomic mass is 16.2. The summed E-state index contributed by atoms with van der Waals surface area (Å²) < 4.78 is 2.28. The number of anilines is 1. The minimum absolute atomic E-state index is 0.0307. The van der Waals surface area contributed by atoms with Crippen LogP contribution in [0.3, 0.4) is 0 Å². The molecule has 0 saturated heterocycles. The number of fused-ring (bicyclic) bond motifs is 2. The molecule has 120 valence electrons. The van der Waals surface area contributed by atoms with E-state index in [0.29, 0.717) is 5.92 Å². The number of amides is 1. The van der Waals surface area contributed by atoms with Crippen molar-refractivity contribution >= 4 is 34.1 Å². The number of nitrogens with zero attached hydrogens (tertiary/aromatic N) is 1. The van der Waals surface area contributed by atoms with Crippen LogP contribution in [0, 0.1) is 5.92 Å². The van der Waals surface area contributed by atoms with E-state index in [2.05, 4.69) is 48.1 Å². The molecule has 1 amide bonds. The molecule has 2 heterocycles. The third-order valence-corrected chi connectivity index (χ3v) is 4.39. The summed E-state index contributed by atoms with van der Waals surface area (Å²) in [6.07, 6.45) is 4.17. The Hall–Kier alpha value is -2.81. The molecule has 0 saturated carbocycles. The van der Waals surface area contributed by atoms with E-state index < -0.39 is 0 Å². The Labute approximate surface area is 141 Å². The summed E-state index contributed by atoms with van der Waals surface area (Å²) in [7, 11) is 0. The van der Waals surface area contributed by atoms with Crippen molar-refractivity contribution in [1.82, 2.24) is 4.57 Å². The molecular weight excluding hydrogens is 296 g/mol.